The smallest absolute Gasteiger partial charge is 0.231 e. The Balaban J connectivity index is 1.18. The summed E-state index contributed by atoms with van der Waals surface area (Å²) in [5, 5.41) is 9.26. The molecule has 9 heteroatoms. The van der Waals surface area contributed by atoms with E-state index in [-0.39, 0.29) is 19.1 Å². The topological polar surface area (TPSA) is 110 Å². The summed E-state index contributed by atoms with van der Waals surface area (Å²) in [5.74, 6) is 3.20. The summed E-state index contributed by atoms with van der Waals surface area (Å²) in [6.45, 7) is 0.211. The minimum Gasteiger partial charge on any atom is -0.454 e. The van der Waals surface area contributed by atoms with Crippen LogP contribution in [-0.2, 0) is 11.2 Å². The number of anilines is 5. The molecule has 9 nitrogen and oxygen atoms in total. The van der Waals surface area contributed by atoms with Crippen LogP contribution in [0.2, 0.25) is 0 Å². The van der Waals surface area contributed by atoms with Crippen LogP contribution in [0.5, 0.6) is 11.5 Å². The van der Waals surface area contributed by atoms with Crippen molar-refractivity contribution < 1.29 is 14.3 Å². The standard InChI is InChI=1S/C24H20N6O3/c31-24(12-16-4-9-19-20(11-16)33-15-32-19)29-18-7-5-17(6-8-18)28-22-13-23(27-14-26-22)30-21-3-1-2-10-25-21/h1-11,13-14H,12,15H2,(H,29,31)(H2,25,26,27,28,30). The van der Waals surface area contributed by atoms with Crippen LogP contribution in [0.1, 0.15) is 5.56 Å². The molecule has 2 aromatic heterocycles. The van der Waals surface area contributed by atoms with Gasteiger partial charge in [0, 0.05) is 23.6 Å². The Kier molecular flexibility index (Phi) is 5.66. The predicted molar refractivity (Wildman–Crippen MR) is 124 cm³/mol. The van der Waals surface area contributed by atoms with Crippen LogP contribution in [0.25, 0.3) is 0 Å². The molecular formula is C24H20N6O3. The van der Waals surface area contributed by atoms with Gasteiger partial charge in [0.25, 0.3) is 0 Å². The van der Waals surface area contributed by atoms with Crippen molar-refractivity contribution in [1.29, 1.82) is 0 Å². The van der Waals surface area contributed by atoms with E-state index in [4.69, 9.17) is 9.47 Å². The number of nitrogens with one attached hydrogen (secondary N) is 3. The first-order valence-electron chi connectivity index (χ1n) is 10.3. The number of aromatic nitrogens is 3. The van der Waals surface area contributed by atoms with E-state index in [0.717, 1.165) is 11.3 Å². The molecule has 1 aliphatic rings. The van der Waals surface area contributed by atoms with Crippen LogP contribution in [0.15, 0.2) is 79.3 Å². The van der Waals surface area contributed by atoms with Crippen molar-refractivity contribution in [3.63, 3.8) is 0 Å². The van der Waals surface area contributed by atoms with E-state index >= 15 is 0 Å². The van der Waals surface area contributed by atoms with Crippen molar-refractivity contribution in [3.8, 4) is 11.5 Å². The Morgan fingerprint density at radius 2 is 1.58 bits per heavy atom. The number of pyridine rings is 1. The lowest BCUT2D eigenvalue weighted by molar-refractivity contribution is -0.115. The number of ether oxygens (including phenoxy) is 2. The van der Waals surface area contributed by atoms with Crippen molar-refractivity contribution in [2.24, 2.45) is 0 Å². The number of amides is 1. The number of hydrogen-bond donors (Lipinski definition) is 3. The van der Waals surface area contributed by atoms with Gasteiger partial charge >= 0.3 is 0 Å². The molecule has 5 rings (SSSR count). The SMILES string of the molecule is O=C(Cc1ccc2c(c1)OCO2)Nc1ccc(Nc2cc(Nc3ccccn3)ncn2)cc1. The average molecular weight is 440 g/mol. The molecule has 4 aromatic rings. The summed E-state index contributed by atoms with van der Waals surface area (Å²) in [5.41, 5.74) is 2.38. The fraction of sp³-hybridized carbons (Fsp3) is 0.0833. The molecule has 33 heavy (non-hydrogen) atoms. The minimum atomic E-state index is -0.115. The number of rotatable bonds is 7. The molecule has 0 radical (unpaired) electrons. The first-order valence-corrected chi connectivity index (χ1v) is 10.3. The van der Waals surface area contributed by atoms with Gasteiger partial charge in [-0.05, 0) is 54.1 Å². The quantitative estimate of drug-likeness (QED) is 0.391. The summed E-state index contributed by atoms with van der Waals surface area (Å²) >= 11 is 0. The highest BCUT2D eigenvalue weighted by Gasteiger charge is 2.14. The first kappa shape index (κ1) is 20.3. The Bertz CT molecular complexity index is 1260. The fourth-order valence-electron chi connectivity index (χ4n) is 3.29. The van der Waals surface area contributed by atoms with E-state index < -0.39 is 0 Å². The molecule has 1 amide bonds. The summed E-state index contributed by atoms with van der Waals surface area (Å²) in [7, 11) is 0. The van der Waals surface area contributed by atoms with Gasteiger partial charge in [-0.2, -0.15) is 0 Å². The minimum absolute atomic E-state index is 0.115. The summed E-state index contributed by atoms with van der Waals surface area (Å²) < 4.78 is 10.7. The predicted octanol–water partition coefficient (Wildman–Crippen LogP) is 4.27. The van der Waals surface area contributed by atoms with Crippen LogP contribution < -0.4 is 25.4 Å². The van der Waals surface area contributed by atoms with Crippen molar-refractivity contribution in [2.45, 2.75) is 6.42 Å². The molecular weight excluding hydrogens is 420 g/mol. The van der Waals surface area contributed by atoms with E-state index in [2.05, 4.69) is 30.9 Å². The van der Waals surface area contributed by atoms with Gasteiger partial charge in [0.05, 0.1) is 6.42 Å². The zero-order chi connectivity index (χ0) is 22.5. The number of benzene rings is 2. The highest BCUT2D eigenvalue weighted by molar-refractivity contribution is 5.92. The number of fused-ring (bicyclic) bond motifs is 1. The lowest BCUT2D eigenvalue weighted by Crippen LogP contribution is -2.14. The van der Waals surface area contributed by atoms with Gasteiger partial charge in [0.2, 0.25) is 12.7 Å². The van der Waals surface area contributed by atoms with Gasteiger partial charge < -0.3 is 25.4 Å². The molecule has 3 heterocycles. The van der Waals surface area contributed by atoms with Crippen LogP contribution in [-0.4, -0.2) is 27.7 Å². The van der Waals surface area contributed by atoms with Crippen LogP contribution >= 0.6 is 0 Å². The van der Waals surface area contributed by atoms with Crippen LogP contribution in [0, 0.1) is 0 Å². The maximum Gasteiger partial charge on any atom is 0.231 e. The summed E-state index contributed by atoms with van der Waals surface area (Å²) in [6.07, 6.45) is 3.42. The zero-order valence-electron chi connectivity index (χ0n) is 17.5. The number of carbonyl (C=O) groups excluding carboxylic acids is 1. The number of hydrogen-bond acceptors (Lipinski definition) is 8. The monoisotopic (exact) mass is 440 g/mol. The Morgan fingerprint density at radius 1 is 0.788 bits per heavy atom. The van der Waals surface area contributed by atoms with Crippen molar-refractivity contribution in [3.05, 3.63) is 84.8 Å². The lowest BCUT2D eigenvalue weighted by atomic mass is 10.1. The zero-order valence-corrected chi connectivity index (χ0v) is 17.5. The molecule has 0 saturated carbocycles. The van der Waals surface area contributed by atoms with Gasteiger partial charge in [-0.1, -0.05) is 12.1 Å². The average Bonchev–Trinajstić information content (AvgIpc) is 3.29. The van der Waals surface area contributed by atoms with Crippen molar-refractivity contribution in [2.75, 3.05) is 22.7 Å². The second-order valence-corrected chi connectivity index (χ2v) is 7.24. The van der Waals surface area contributed by atoms with Crippen molar-refractivity contribution >= 4 is 34.7 Å². The normalized spacial score (nSPS) is 11.6. The second-order valence-electron chi connectivity index (χ2n) is 7.24. The molecule has 0 fully saturated rings. The van der Waals surface area contributed by atoms with Gasteiger partial charge in [0.15, 0.2) is 11.5 Å². The molecule has 0 saturated heterocycles. The number of nitrogens with zero attached hydrogens (tertiary/aromatic N) is 3. The molecule has 0 atom stereocenters. The highest BCUT2D eigenvalue weighted by Crippen LogP contribution is 2.32. The molecule has 0 aliphatic carbocycles. The molecule has 2 aromatic carbocycles. The summed E-state index contributed by atoms with van der Waals surface area (Å²) in [6, 6.07) is 20.3. The molecule has 3 N–H and O–H groups in total. The van der Waals surface area contributed by atoms with Gasteiger partial charge in [-0.3, -0.25) is 4.79 Å². The maximum absolute atomic E-state index is 12.4. The highest BCUT2D eigenvalue weighted by atomic mass is 16.7. The Hall–Kier alpha value is -4.66. The van der Waals surface area contributed by atoms with Crippen LogP contribution in [0.3, 0.4) is 0 Å². The van der Waals surface area contributed by atoms with Gasteiger partial charge in [-0.25, -0.2) is 15.0 Å². The van der Waals surface area contributed by atoms with Gasteiger partial charge in [-0.15, -0.1) is 0 Å². The molecule has 0 bridgehead atoms. The molecule has 0 spiro atoms. The maximum atomic E-state index is 12.4. The van der Waals surface area contributed by atoms with E-state index in [1.807, 2.05) is 60.7 Å². The lowest BCUT2D eigenvalue weighted by Gasteiger charge is -2.10. The Labute approximate surface area is 189 Å². The third-order valence-electron chi connectivity index (χ3n) is 4.83. The van der Waals surface area contributed by atoms with Crippen molar-refractivity contribution in [1.82, 2.24) is 15.0 Å². The molecule has 164 valence electrons. The fourth-order valence-corrected chi connectivity index (χ4v) is 3.29. The van der Waals surface area contributed by atoms with Crippen LogP contribution in [0.4, 0.5) is 28.8 Å². The Morgan fingerprint density at radius 3 is 2.39 bits per heavy atom. The molecule has 0 unspecified atom stereocenters. The largest absolute Gasteiger partial charge is 0.454 e. The summed E-state index contributed by atoms with van der Waals surface area (Å²) in [4.78, 5) is 25.1. The van der Waals surface area contributed by atoms with E-state index in [0.29, 0.717) is 34.6 Å². The second kappa shape index (κ2) is 9.23. The molecule has 1 aliphatic heterocycles. The van der Waals surface area contributed by atoms with E-state index in [1.165, 1.54) is 6.33 Å². The third kappa shape index (κ3) is 5.16. The number of carbonyl (C=O) groups is 1. The van der Waals surface area contributed by atoms with E-state index in [9.17, 15) is 4.79 Å². The van der Waals surface area contributed by atoms with Gasteiger partial charge in [0.1, 0.15) is 23.8 Å². The third-order valence-corrected chi connectivity index (χ3v) is 4.83. The first-order chi connectivity index (χ1) is 16.2. The van der Waals surface area contributed by atoms with E-state index in [1.54, 1.807) is 12.3 Å².